The third-order valence-corrected chi connectivity index (χ3v) is 6.64. The fourth-order valence-electron chi connectivity index (χ4n) is 3.77. The molecule has 1 aromatic heterocycles. The Morgan fingerprint density at radius 1 is 1.30 bits per heavy atom. The smallest absolute Gasteiger partial charge is 0.173 e. The average Bonchev–Trinajstić information content (AvgIpc) is 3.40. The second-order valence-corrected chi connectivity index (χ2v) is 8.62. The number of nitrogens with zero attached hydrogens (tertiary/aromatic N) is 2. The van der Waals surface area contributed by atoms with Gasteiger partial charge in [0.15, 0.2) is 17.8 Å². The Labute approximate surface area is 178 Å². The molecule has 2 aromatic carbocycles. The quantitative estimate of drug-likeness (QED) is 0.399. The van der Waals surface area contributed by atoms with E-state index >= 15 is 0 Å². The summed E-state index contributed by atoms with van der Waals surface area (Å²) in [4.78, 5) is 0.324. The molecule has 1 fully saturated rings. The second-order valence-electron chi connectivity index (χ2n) is 7.53. The summed E-state index contributed by atoms with van der Waals surface area (Å²) in [6.07, 6.45) is 6.19. The first-order chi connectivity index (χ1) is 14.5. The van der Waals surface area contributed by atoms with E-state index in [4.69, 9.17) is 5.41 Å². The van der Waals surface area contributed by atoms with Gasteiger partial charge in [0, 0.05) is 36.6 Å². The lowest BCUT2D eigenvalue weighted by Crippen LogP contribution is -2.30. The fourth-order valence-corrected chi connectivity index (χ4v) is 4.89. The zero-order valence-electron chi connectivity index (χ0n) is 16.6. The largest absolute Gasteiger partial charge is 0.384 e. The van der Waals surface area contributed by atoms with Gasteiger partial charge in [-0.2, -0.15) is 5.10 Å². The van der Waals surface area contributed by atoms with Crippen LogP contribution in [0.1, 0.15) is 18.9 Å². The van der Waals surface area contributed by atoms with Gasteiger partial charge in [-0.3, -0.25) is 10.5 Å². The van der Waals surface area contributed by atoms with Gasteiger partial charge in [0.05, 0.1) is 16.7 Å². The van der Waals surface area contributed by atoms with Crippen LogP contribution in [0.5, 0.6) is 0 Å². The summed E-state index contributed by atoms with van der Waals surface area (Å²) in [7, 11) is 0. The van der Waals surface area contributed by atoms with Gasteiger partial charge >= 0.3 is 0 Å². The van der Waals surface area contributed by atoms with Gasteiger partial charge in [0.1, 0.15) is 0 Å². The van der Waals surface area contributed by atoms with Crippen LogP contribution in [0, 0.1) is 17.6 Å². The molecule has 2 atom stereocenters. The molecule has 8 heteroatoms. The molecule has 0 aliphatic carbocycles. The average molecular weight is 429 g/mol. The van der Waals surface area contributed by atoms with Crippen LogP contribution in [0.4, 0.5) is 14.5 Å². The third-order valence-electron chi connectivity index (χ3n) is 5.38. The highest BCUT2D eigenvalue weighted by Crippen LogP contribution is 2.35. The Hall–Kier alpha value is -2.71. The molecule has 1 unspecified atom stereocenters. The van der Waals surface area contributed by atoms with E-state index in [1.54, 1.807) is 24.5 Å². The molecule has 0 amide bonds. The predicted octanol–water partition coefficient (Wildman–Crippen LogP) is 3.36. The van der Waals surface area contributed by atoms with Crippen LogP contribution in [0.2, 0.25) is 0 Å². The maximum Gasteiger partial charge on any atom is 0.173 e. The van der Waals surface area contributed by atoms with Gasteiger partial charge < -0.3 is 5.32 Å². The van der Waals surface area contributed by atoms with E-state index in [2.05, 4.69) is 26.7 Å². The van der Waals surface area contributed by atoms with Crippen molar-refractivity contribution in [1.82, 2.24) is 14.5 Å². The Bertz CT molecular complexity index is 1020. The van der Waals surface area contributed by atoms with Crippen molar-refractivity contribution >= 4 is 23.8 Å². The molecule has 1 saturated heterocycles. The van der Waals surface area contributed by atoms with Crippen LogP contribution in [0.25, 0.3) is 11.1 Å². The molecule has 156 valence electrons. The minimum atomic E-state index is -0.811. The van der Waals surface area contributed by atoms with Crippen molar-refractivity contribution < 1.29 is 14.2 Å². The molecule has 4 N–H and O–H groups in total. The summed E-state index contributed by atoms with van der Waals surface area (Å²) < 4.78 is 29.6. The molecule has 4 rings (SSSR count). The molecule has 3 aromatic rings. The number of hydrogen-bond acceptors (Lipinski definition) is 4. The molecule has 0 saturated carbocycles. The SMILES string of the molecule is C[C@H]1CC(CNc2ccc(-c3cn[nH]c3)cc2C=[NH2+])CN1Sc1cccc(F)c1F. The molecule has 1 aliphatic rings. The number of aromatic amines is 1. The summed E-state index contributed by atoms with van der Waals surface area (Å²) in [5.41, 5.74) is 3.94. The van der Waals surface area contributed by atoms with Crippen molar-refractivity contribution in [2.45, 2.75) is 24.3 Å². The second kappa shape index (κ2) is 8.97. The van der Waals surface area contributed by atoms with E-state index in [9.17, 15) is 8.78 Å². The monoisotopic (exact) mass is 428 g/mol. The summed E-state index contributed by atoms with van der Waals surface area (Å²) in [5, 5.41) is 16.1. The summed E-state index contributed by atoms with van der Waals surface area (Å²) in [6.45, 7) is 3.69. The molecule has 30 heavy (non-hydrogen) atoms. The highest BCUT2D eigenvalue weighted by Gasteiger charge is 2.30. The van der Waals surface area contributed by atoms with E-state index in [1.807, 2.05) is 24.4 Å². The van der Waals surface area contributed by atoms with Crippen molar-refractivity contribution in [3.05, 3.63) is 66.0 Å². The first-order valence-electron chi connectivity index (χ1n) is 9.85. The van der Waals surface area contributed by atoms with Crippen LogP contribution >= 0.6 is 11.9 Å². The topological polar surface area (TPSA) is 69.5 Å². The number of nitrogens with one attached hydrogen (secondary N) is 2. The molecular weight excluding hydrogens is 404 g/mol. The summed E-state index contributed by atoms with van der Waals surface area (Å²) >= 11 is 1.29. The van der Waals surface area contributed by atoms with Crippen molar-refractivity contribution in [2.75, 3.05) is 18.4 Å². The van der Waals surface area contributed by atoms with E-state index in [0.717, 1.165) is 48.0 Å². The number of H-pyrrole nitrogens is 1. The van der Waals surface area contributed by atoms with E-state index < -0.39 is 11.6 Å². The van der Waals surface area contributed by atoms with Gasteiger partial charge in [-0.05, 0) is 61.0 Å². The van der Waals surface area contributed by atoms with Crippen LogP contribution in [-0.4, -0.2) is 39.8 Å². The maximum absolute atomic E-state index is 14.0. The maximum atomic E-state index is 14.0. The van der Waals surface area contributed by atoms with Crippen molar-refractivity contribution in [2.24, 2.45) is 5.92 Å². The van der Waals surface area contributed by atoms with Gasteiger partial charge in [-0.25, -0.2) is 13.1 Å². The Balaban J connectivity index is 1.39. The number of halogens is 2. The molecule has 5 nitrogen and oxygen atoms in total. The highest BCUT2D eigenvalue weighted by molar-refractivity contribution is 7.97. The van der Waals surface area contributed by atoms with Crippen molar-refractivity contribution in [3.63, 3.8) is 0 Å². The standard InChI is InChI=1S/C22H23F2N5S/c1-14-7-15(13-29(14)30-21-4-2-3-19(23)22(21)24)10-26-20-6-5-16(8-17(20)9-25)18-11-27-28-12-18/h2-6,8-9,11-12,14-15,25-26H,7,10,13H2,1H3,(H,27,28)/p+1/t14-,15?/m0/s1. The minimum Gasteiger partial charge on any atom is -0.384 e. The molecule has 0 bridgehead atoms. The van der Waals surface area contributed by atoms with E-state index in [1.165, 1.54) is 11.9 Å². The Morgan fingerprint density at radius 3 is 2.93 bits per heavy atom. The number of nitrogens with two attached hydrogens (primary N) is 1. The van der Waals surface area contributed by atoms with Crippen LogP contribution in [0.15, 0.2) is 53.7 Å². The number of aromatic nitrogens is 2. The highest BCUT2D eigenvalue weighted by atomic mass is 32.2. The first-order valence-corrected chi connectivity index (χ1v) is 10.6. The Kier molecular flexibility index (Phi) is 6.15. The van der Waals surface area contributed by atoms with Gasteiger partial charge in [-0.1, -0.05) is 12.1 Å². The van der Waals surface area contributed by atoms with Crippen LogP contribution in [0.3, 0.4) is 0 Å². The fraction of sp³-hybridized carbons (Fsp3) is 0.273. The minimum absolute atomic E-state index is 0.272. The summed E-state index contributed by atoms with van der Waals surface area (Å²) in [5.74, 6) is -1.20. The van der Waals surface area contributed by atoms with Gasteiger partial charge in [0.2, 0.25) is 0 Å². The number of hydrogen-bond donors (Lipinski definition) is 3. The predicted molar refractivity (Wildman–Crippen MR) is 116 cm³/mol. The van der Waals surface area contributed by atoms with Crippen molar-refractivity contribution in [1.29, 1.82) is 0 Å². The van der Waals surface area contributed by atoms with Gasteiger partial charge in [0.25, 0.3) is 0 Å². The number of benzene rings is 2. The van der Waals surface area contributed by atoms with Gasteiger partial charge in [-0.15, -0.1) is 0 Å². The molecule has 2 heterocycles. The summed E-state index contributed by atoms with van der Waals surface area (Å²) in [6, 6.07) is 10.7. The molecular formula is C22H24F2N5S+. The number of rotatable bonds is 7. The van der Waals surface area contributed by atoms with Crippen LogP contribution < -0.4 is 10.7 Å². The molecule has 0 radical (unpaired) electrons. The van der Waals surface area contributed by atoms with E-state index in [0.29, 0.717) is 10.8 Å². The molecule has 0 spiro atoms. The normalized spacial score (nSPS) is 19.2. The molecule has 1 aliphatic heterocycles. The van der Waals surface area contributed by atoms with Crippen LogP contribution in [-0.2, 0) is 0 Å². The lowest BCUT2D eigenvalue weighted by molar-refractivity contribution is -0.104. The van der Waals surface area contributed by atoms with Crippen molar-refractivity contribution in [3.8, 4) is 11.1 Å². The third kappa shape index (κ3) is 4.39. The zero-order chi connectivity index (χ0) is 21.1. The lowest BCUT2D eigenvalue weighted by Gasteiger charge is -2.20. The van der Waals surface area contributed by atoms with E-state index in [-0.39, 0.29) is 6.04 Å². The lowest BCUT2D eigenvalue weighted by atomic mass is 10.0. The zero-order valence-corrected chi connectivity index (χ0v) is 17.4. The Morgan fingerprint density at radius 2 is 2.17 bits per heavy atom. The number of anilines is 1. The first kappa shape index (κ1) is 20.6.